The van der Waals surface area contributed by atoms with Gasteiger partial charge < -0.3 is 5.73 Å². The standard InChI is InChI=1S/C6H13N/c7-5-6-3-1-2-4-6/h6H,1-5,7H2/p+1. The molecule has 1 nitrogen and oxygen atoms in total. The maximum atomic E-state index is 3.87. The maximum absolute atomic E-state index is 3.87. The van der Waals surface area contributed by atoms with Gasteiger partial charge in [-0.1, -0.05) is 12.8 Å². The second-order valence-corrected chi connectivity index (χ2v) is 2.44. The molecule has 0 aromatic heterocycles. The van der Waals surface area contributed by atoms with Crippen LogP contribution in [0.3, 0.4) is 0 Å². The van der Waals surface area contributed by atoms with Crippen LogP contribution in [-0.2, 0) is 0 Å². The van der Waals surface area contributed by atoms with Crippen molar-refractivity contribution in [3.63, 3.8) is 0 Å². The summed E-state index contributed by atoms with van der Waals surface area (Å²) in [5.74, 6) is 0.986. The van der Waals surface area contributed by atoms with Crippen LogP contribution in [-0.4, -0.2) is 6.54 Å². The molecule has 0 spiro atoms. The zero-order chi connectivity index (χ0) is 5.11. The van der Waals surface area contributed by atoms with E-state index in [0.29, 0.717) is 0 Å². The van der Waals surface area contributed by atoms with Gasteiger partial charge in [0.05, 0.1) is 6.54 Å². The van der Waals surface area contributed by atoms with E-state index in [9.17, 15) is 0 Å². The van der Waals surface area contributed by atoms with Gasteiger partial charge in [-0.3, -0.25) is 0 Å². The van der Waals surface area contributed by atoms with Crippen LogP contribution in [0.1, 0.15) is 25.7 Å². The van der Waals surface area contributed by atoms with Crippen LogP contribution in [0.5, 0.6) is 0 Å². The minimum absolute atomic E-state index is 0.986. The highest BCUT2D eigenvalue weighted by Crippen LogP contribution is 2.22. The van der Waals surface area contributed by atoms with E-state index in [0.717, 1.165) is 5.92 Å². The molecule has 7 heavy (non-hydrogen) atoms. The van der Waals surface area contributed by atoms with Crippen molar-refractivity contribution < 1.29 is 5.73 Å². The number of hydrogen-bond acceptors (Lipinski definition) is 0. The summed E-state index contributed by atoms with van der Waals surface area (Å²) in [5.41, 5.74) is 3.87. The summed E-state index contributed by atoms with van der Waals surface area (Å²) < 4.78 is 0. The van der Waals surface area contributed by atoms with Gasteiger partial charge in [-0.15, -0.1) is 0 Å². The molecule has 0 aliphatic heterocycles. The molecule has 0 saturated heterocycles. The Morgan fingerprint density at radius 3 is 2.14 bits per heavy atom. The number of hydrogen-bond donors (Lipinski definition) is 1. The Morgan fingerprint density at radius 1 is 1.29 bits per heavy atom. The normalized spacial score (nSPS) is 23.6. The molecule has 1 rings (SSSR count). The largest absolute Gasteiger partial charge is 0.357 e. The van der Waals surface area contributed by atoms with Gasteiger partial charge in [0.1, 0.15) is 0 Å². The third-order valence-electron chi connectivity index (χ3n) is 1.88. The van der Waals surface area contributed by atoms with E-state index in [-0.39, 0.29) is 0 Å². The predicted octanol–water partition coefficient (Wildman–Crippen LogP) is 0.418. The molecule has 3 N–H and O–H groups in total. The molecule has 42 valence electrons. The first-order valence-corrected chi connectivity index (χ1v) is 3.22. The fourth-order valence-electron chi connectivity index (χ4n) is 1.30. The van der Waals surface area contributed by atoms with Gasteiger partial charge >= 0.3 is 0 Å². The first-order chi connectivity index (χ1) is 3.43. The number of rotatable bonds is 1. The Bertz CT molecular complexity index is 46.1. The molecule has 1 saturated carbocycles. The highest BCUT2D eigenvalue weighted by molar-refractivity contribution is 4.64. The smallest absolute Gasteiger partial charge is 0.0768 e. The average Bonchev–Trinajstić information content (AvgIpc) is 2.14. The molecule has 1 aliphatic carbocycles. The van der Waals surface area contributed by atoms with E-state index in [4.69, 9.17) is 0 Å². The van der Waals surface area contributed by atoms with Crippen molar-refractivity contribution >= 4 is 0 Å². The van der Waals surface area contributed by atoms with Gasteiger partial charge in [-0.25, -0.2) is 0 Å². The Labute approximate surface area is 44.9 Å². The van der Waals surface area contributed by atoms with Gasteiger partial charge in [0, 0.05) is 5.92 Å². The third-order valence-corrected chi connectivity index (χ3v) is 1.88. The molecular weight excluding hydrogens is 86.1 g/mol. The summed E-state index contributed by atoms with van der Waals surface area (Å²) in [6, 6.07) is 0. The molecule has 0 amide bonds. The molecule has 1 heteroatoms. The Kier molecular flexibility index (Phi) is 1.69. The molecule has 0 radical (unpaired) electrons. The summed E-state index contributed by atoms with van der Waals surface area (Å²) in [6.07, 6.45) is 5.81. The van der Waals surface area contributed by atoms with Gasteiger partial charge in [-0.2, -0.15) is 0 Å². The van der Waals surface area contributed by atoms with Crippen LogP contribution in [0.15, 0.2) is 0 Å². The van der Waals surface area contributed by atoms with Crippen LogP contribution in [0.25, 0.3) is 0 Å². The van der Waals surface area contributed by atoms with Crippen molar-refractivity contribution in [3.05, 3.63) is 0 Å². The van der Waals surface area contributed by atoms with Crippen molar-refractivity contribution in [3.8, 4) is 0 Å². The van der Waals surface area contributed by atoms with Gasteiger partial charge in [0.15, 0.2) is 0 Å². The molecule has 1 aliphatic rings. The summed E-state index contributed by atoms with van der Waals surface area (Å²) >= 11 is 0. The Balaban J connectivity index is 2.14. The fourth-order valence-corrected chi connectivity index (χ4v) is 1.30. The predicted molar refractivity (Wildman–Crippen MR) is 29.7 cm³/mol. The van der Waals surface area contributed by atoms with E-state index in [1.165, 1.54) is 32.2 Å². The van der Waals surface area contributed by atoms with E-state index in [2.05, 4.69) is 5.73 Å². The zero-order valence-corrected chi connectivity index (χ0v) is 4.82. The quantitative estimate of drug-likeness (QED) is 0.494. The van der Waals surface area contributed by atoms with Crippen molar-refractivity contribution in [1.82, 2.24) is 0 Å². The zero-order valence-electron chi connectivity index (χ0n) is 4.82. The van der Waals surface area contributed by atoms with Crippen LogP contribution < -0.4 is 5.73 Å². The fraction of sp³-hybridized carbons (Fsp3) is 1.00. The van der Waals surface area contributed by atoms with E-state index in [1.54, 1.807) is 0 Å². The first kappa shape index (κ1) is 5.10. The first-order valence-electron chi connectivity index (χ1n) is 3.22. The lowest BCUT2D eigenvalue weighted by molar-refractivity contribution is -0.378. The van der Waals surface area contributed by atoms with E-state index in [1.807, 2.05) is 0 Å². The summed E-state index contributed by atoms with van der Waals surface area (Å²) in [7, 11) is 0. The number of quaternary nitrogens is 1. The second kappa shape index (κ2) is 2.31. The van der Waals surface area contributed by atoms with E-state index < -0.39 is 0 Å². The third kappa shape index (κ3) is 1.16. The second-order valence-electron chi connectivity index (χ2n) is 2.44. The van der Waals surface area contributed by atoms with Crippen molar-refractivity contribution in [2.24, 2.45) is 5.92 Å². The Morgan fingerprint density at radius 2 is 1.86 bits per heavy atom. The van der Waals surface area contributed by atoms with Gasteiger partial charge in [0.2, 0.25) is 0 Å². The molecule has 0 aromatic rings. The average molecular weight is 100 g/mol. The highest BCUT2D eigenvalue weighted by atomic mass is 14.5. The van der Waals surface area contributed by atoms with E-state index >= 15 is 0 Å². The highest BCUT2D eigenvalue weighted by Gasteiger charge is 2.13. The molecule has 0 atom stereocenters. The molecule has 0 heterocycles. The molecule has 0 aromatic carbocycles. The van der Waals surface area contributed by atoms with Crippen LogP contribution in [0, 0.1) is 5.92 Å². The van der Waals surface area contributed by atoms with Gasteiger partial charge in [0.25, 0.3) is 0 Å². The topological polar surface area (TPSA) is 27.6 Å². The summed E-state index contributed by atoms with van der Waals surface area (Å²) in [6.45, 7) is 1.17. The minimum Gasteiger partial charge on any atom is -0.357 e. The summed E-state index contributed by atoms with van der Waals surface area (Å²) in [4.78, 5) is 0. The van der Waals surface area contributed by atoms with Crippen LogP contribution >= 0.6 is 0 Å². The molecule has 1 fully saturated rings. The SMILES string of the molecule is [NH3+]CC1CCCC1. The van der Waals surface area contributed by atoms with Crippen molar-refractivity contribution in [2.45, 2.75) is 25.7 Å². The molecule has 0 bridgehead atoms. The Hall–Kier alpha value is -0.0400. The molecule has 0 unspecified atom stereocenters. The lowest BCUT2D eigenvalue weighted by Gasteiger charge is -1.96. The lowest BCUT2D eigenvalue weighted by Crippen LogP contribution is -2.53. The molecular formula is C6H14N+. The monoisotopic (exact) mass is 100 g/mol. The summed E-state index contributed by atoms with van der Waals surface area (Å²) in [5, 5.41) is 0. The van der Waals surface area contributed by atoms with Crippen LogP contribution in [0.2, 0.25) is 0 Å². The van der Waals surface area contributed by atoms with Crippen LogP contribution in [0.4, 0.5) is 0 Å². The van der Waals surface area contributed by atoms with Gasteiger partial charge in [-0.05, 0) is 12.8 Å². The minimum atomic E-state index is 0.986. The van der Waals surface area contributed by atoms with Crippen molar-refractivity contribution in [2.75, 3.05) is 6.54 Å². The van der Waals surface area contributed by atoms with Crippen molar-refractivity contribution in [1.29, 1.82) is 0 Å². The lowest BCUT2D eigenvalue weighted by atomic mass is 10.1. The maximum Gasteiger partial charge on any atom is 0.0768 e.